The zero-order chi connectivity index (χ0) is 10.5. The number of hydrogen-bond donors (Lipinski definition) is 0. The van der Waals surface area contributed by atoms with Crippen molar-refractivity contribution in [3.8, 4) is 0 Å². The largest absolute Gasteiger partial charge is 0.368 e. The molecule has 0 N–H and O–H groups in total. The Kier molecular flexibility index (Phi) is 4.97. The van der Waals surface area contributed by atoms with E-state index in [0.29, 0.717) is 5.31 Å². The van der Waals surface area contributed by atoms with Gasteiger partial charge in [0.1, 0.15) is 5.31 Å². The van der Waals surface area contributed by atoms with E-state index in [-0.39, 0.29) is 0 Å². The lowest BCUT2D eigenvalue weighted by atomic mass is 10.4. The van der Waals surface area contributed by atoms with Crippen LogP contribution >= 0.6 is 7.60 Å². The molecule has 0 heterocycles. The van der Waals surface area contributed by atoms with Crippen LogP contribution in [0, 0.1) is 0 Å². The lowest BCUT2D eigenvalue weighted by molar-refractivity contribution is 0.284. The highest BCUT2D eigenvalue weighted by molar-refractivity contribution is 7.58. The molecular weight excluding hydrogens is 187 g/mol. The maximum Gasteiger partial charge on any atom is 0.368 e. The predicted molar refractivity (Wildman–Crippen MR) is 53.7 cm³/mol. The molecule has 0 aliphatic rings. The van der Waals surface area contributed by atoms with Gasteiger partial charge in [-0.25, -0.2) is 0 Å². The van der Waals surface area contributed by atoms with Crippen LogP contribution in [0.4, 0.5) is 0 Å². The molecule has 0 aromatic heterocycles. The fraction of sp³-hybridized carbons (Fsp3) is 0.444. The van der Waals surface area contributed by atoms with Crippen LogP contribution in [0.5, 0.6) is 0 Å². The van der Waals surface area contributed by atoms with E-state index in [9.17, 15) is 4.57 Å². The lowest BCUT2D eigenvalue weighted by Crippen LogP contribution is -1.89. The summed E-state index contributed by atoms with van der Waals surface area (Å²) in [6, 6.07) is 0. The van der Waals surface area contributed by atoms with Gasteiger partial charge in [0.15, 0.2) is 0 Å². The van der Waals surface area contributed by atoms with Gasteiger partial charge in [0.25, 0.3) is 0 Å². The summed E-state index contributed by atoms with van der Waals surface area (Å²) >= 11 is 0. The molecule has 74 valence electrons. The number of allylic oxidation sites excluding steroid dienone is 2. The van der Waals surface area contributed by atoms with E-state index >= 15 is 0 Å². The van der Waals surface area contributed by atoms with Crippen LogP contribution in [0.1, 0.15) is 13.8 Å². The average Bonchev–Trinajstić information content (AvgIpc) is 2.12. The summed E-state index contributed by atoms with van der Waals surface area (Å²) in [7, 11) is -0.511. The topological polar surface area (TPSA) is 35.5 Å². The van der Waals surface area contributed by atoms with Crippen LogP contribution in [0.2, 0.25) is 0 Å². The second kappa shape index (κ2) is 5.21. The van der Waals surface area contributed by atoms with Crippen molar-refractivity contribution < 1.29 is 13.6 Å². The normalized spacial score (nSPS) is 10.5. The molecule has 0 bridgehead atoms. The van der Waals surface area contributed by atoms with Gasteiger partial charge in [0.05, 0.1) is 0 Å². The predicted octanol–water partition coefficient (Wildman–Crippen LogP) is 3.11. The molecule has 0 rings (SSSR count). The summed E-state index contributed by atoms with van der Waals surface area (Å²) < 4.78 is 21.4. The third kappa shape index (κ3) is 3.33. The van der Waals surface area contributed by atoms with Crippen molar-refractivity contribution in [3.63, 3.8) is 0 Å². The summed E-state index contributed by atoms with van der Waals surface area (Å²) in [4.78, 5) is 0. The molecule has 0 unspecified atom stereocenters. The molecule has 0 saturated heterocycles. The van der Waals surface area contributed by atoms with Crippen molar-refractivity contribution in [2.45, 2.75) is 13.8 Å². The lowest BCUT2D eigenvalue weighted by Gasteiger charge is -2.12. The first-order valence-electron chi connectivity index (χ1n) is 3.78. The molecule has 0 atom stereocenters. The van der Waals surface area contributed by atoms with Gasteiger partial charge >= 0.3 is 7.60 Å². The minimum atomic E-state index is -3.18. The van der Waals surface area contributed by atoms with Gasteiger partial charge in [-0.05, 0) is 25.5 Å². The summed E-state index contributed by atoms with van der Waals surface area (Å²) in [5.41, 5.74) is 3.77. The van der Waals surface area contributed by atoms with E-state index in [0.717, 1.165) is 5.57 Å². The van der Waals surface area contributed by atoms with Gasteiger partial charge in [-0.2, -0.15) is 0 Å². The Morgan fingerprint density at radius 1 is 1.38 bits per heavy atom. The van der Waals surface area contributed by atoms with Crippen LogP contribution in [-0.2, 0) is 13.6 Å². The minimum absolute atomic E-state index is 0.359. The highest BCUT2D eigenvalue weighted by atomic mass is 31.2. The first-order chi connectivity index (χ1) is 6.00. The zero-order valence-electron chi connectivity index (χ0n) is 8.46. The molecular formula is C9H15O3P. The maximum atomic E-state index is 11.8. The van der Waals surface area contributed by atoms with Gasteiger partial charge in [0.2, 0.25) is 0 Å². The Hall–Kier alpha value is -0.590. The summed E-state index contributed by atoms with van der Waals surface area (Å²) in [6.07, 6.45) is 1.43. The first kappa shape index (κ1) is 12.4. The van der Waals surface area contributed by atoms with Crippen LogP contribution in [-0.4, -0.2) is 14.2 Å². The molecule has 0 radical (unpaired) electrons. The maximum absolute atomic E-state index is 11.8. The fourth-order valence-electron chi connectivity index (χ4n) is 0.759. The Morgan fingerprint density at radius 3 is 2.08 bits per heavy atom. The Balaban J connectivity index is 5.34. The smallest absolute Gasteiger partial charge is 0.308 e. The van der Waals surface area contributed by atoms with Crippen molar-refractivity contribution in [1.82, 2.24) is 0 Å². The van der Waals surface area contributed by atoms with E-state index in [1.807, 2.05) is 13.8 Å². The minimum Gasteiger partial charge on any atom is -0.308 e. The molecule has 0 aliphatic heterocycles. The second-order valence-electron chi connectivity index (χ2n) is 2.58. The van der Waals surface area contributed by atoms with Gasteiger partial charge in [-0.3, -0.25) is 4.57 Å². The second-order valence-corrected chi connectivity index (χ2v) is 4.78. The monoisotopic (exact) mass is 202 g/mol. The van der Waals surface area contributed by atoms with Gasteiger partial charge in [-0.1, -0.05) is 6.58 Å². The fourth-order valence-corrected chi connectivity index (χ4v) is 1.89. The molecule has 0 amide bonds. The average molecular weight is 202 g/mol. The Labute approximate surface area is 79.3 Å². The van der Waals surface area contributed by atoms with E-state index in [2.05, 4.69) is 12.3 Å². The summed E-state index contributed by atoms with van der Waals surface area (Å²) in [5.74, 6) is 0. The van der Waals surface area contributed by atoms with Crippen molar-refractivity contribution in [1.29, 1.82) is 0 Å². The zero-order valence-corrected chi connectivity index (χ0v) is 9.35. The van der Waals surface area contributed by atoms with Gasteiger partial charge in [0, 0.05) is 14.2 Å². The van der Waals surface area contributed by atoms with Crippen LogP contribution in [0.25, 0.3) is 0 Å². The molecule has 0 aromatic rings. The molecule has 4 heteroatoms. The SMILES string of the molecule is C=CC(=C=C(C)C)P(=O)(OC)OC. The van der Waals surface area contributed by atoms with Crippen molar-refractivity contribution in [2.75, 3.05) is 14.2 Å². The molecule has 0 fully saturated rings. The van der Waals surface area contributed by atoms with E-state index in [1.165, 1.54) is 20.3 Å². The van der Waals surface area contributed by atoms with Crippen LogP contribution in [0.15, 0.2) is 29.3 Å². The number of hydrogen-bond acceptors (Lipinski definition) is 3. The molecule has 3 nitrogen and oxygen atoms in total. The molecule has 13 heavy (non-hydrogen) atoms. The van der Waals surface area contributed by atoms with E-state index < -0.39 is 7.60 Å². The van der Waals surface area contributed by atoms with Gasteiger partial charge in [-0.15, -0.1) is 5.73 Å². The summed E-state index contributed by atoms with van der Waals surface area (Å²) in [5, 5.41) is 0.359. The number of rotatable bonds is 4. The third-order valence-corrected chi connectivity index (χ3v) is 3.19. The Morgan fingerprint density at radius 2 is 1.85 bits per heavy atom. The van der Waals surface area contributed by atoms with E-state index in [4.69, 9.17) is 9.05 Å². The molecule has 0 aliphatic carbocycles. The third-order valence-electron chi connectivity index (χ3n) is 1.35. The highest BCUT2D eigenvalue weighted by Crippen LogP contribution is 2.54. The van der Waals surface area contributed by atoms with Crippen molar-refractivity contribution in [3.05, 3.63) is 29.3 Å². The Bertz CT molecular complexity index is 286. The molecule has 0 spiro atoms. The van der Waals surface area contributed by atoms with Crippen molar-refractivity contribution in [2.24, 2.45) is 0 Å². The quantitative estimate of drug-likeness (QED) is 0.399. The van der Waals surface area contributed by atoms with Crippen LogP contribution < -0.4 is 0 Å². The molecule has 0 aromatic carbocycles. The molecule has 0 saturated carbocycles. The van der Waals surface area contributed by atoms with Crippen LogP contribution in [0.3, 0.4) is 0 Å². The van der Waals surface area contributed by atoms with E-state index in [1.54, 1.807) is 0 Å². The highest BCUT2D eigenvalue weighted by Gasteiger charge is 2.24. The first-order valence-corrected chi connectivity index (χ1v) is 5.33. The summed E-state index contributed by atoms with van der Waals surface area (Å²) in [6.45, 7) is 7.22. The van der Waals surface area contributed by atoms with Gasteiger partial charge < -0.3 is 9.05 Å². The standard InChI is InChI=1S/C9H15O3P/c1-6-9(7-8(2)3)13(10,11-4)12-5/h6H,1H2,2-5H3. The van der Waals surface area contributed by atoms with Crippen molar-refractivity contribution >= 4 is 7.60 Å².